The van der Waals surface area contributed by atoms with E-state index < -0.39 is 29.3 Å². The minimum Gasteiger partial charge on any atom is -0.507 e. The largest absolute Gasteiger partial charge is 0.507 e. The van der Waals surface area contributed by atoms with Crippen LogP contribution in [0.4, 0.5) is 10.1 Å². The molecule has 0 aliphatic carbocycles. The predicted octanol–water partition coefficient (Wildman–Crippen LogP) is 5.42. The van der Waals surface area contributed by atoms with Gasteiger partial charge in [-0.2, -0.15) is 0 Å². The smallest absolute Gasteiger partial charge is 0.300 e. The second-order valence-electron chi connectivity index (χ2n) is 7.41. The highest BCUT2D eigenvalue weighted by Gasteiger charge is 2.47. The molecular weight excluding hydrogens is 433 g/mol. The molecule has 162 valence electrons. The molecule has 1 unspecified atom stereocenters. The number of amides is 1. The van der Waals surface area contributed by atoms with Crippen LogP contribution in [0.1, 0.15) is 22.7 Å². The summed E-state index contributed by atoms with van der Waals surface area (Å²) in [5, 5.41) is 11.6. The van der Waals surface area contributed by atoms with E-state index in [0.29, 0.717) is 16.3 Å². The minimum absolute atomic E-state index is 0.0192. The van der Waals surface area contributed by atoms with Crippen LogP contribution in [0, 0.1) is 12.7 Å². The Balaban J connectivity index is 2.00. The number of aliphatic hydroxyl groups excluding tert-OH is 1. The van der Waals surface area contributed by atoms with E-state index in [0.717, 1.165) is 11.6 Å². The first kappa shape index (κ1) is 21.6. The molecule has 1 amide bonds. The second kappa shape index (κ2) is 8.48. The topological polar surface area (TPSA) is 66.8 Å². The van der Waals surface area contributed by atoms with Crippen LogP contribution in [0.15, 0.2) is 72.3 Å². The van der Waals surface area contributed by atoms with Crippen molar-refractivity contribution in [1.29, 1.82) is 0 Å². The number of methoxy groups -OCH3 is 1. The van der Waals surface area contributed by atoms with Crippen LogP contribution in [-0.2, 0) is 9.59 Å². The summed E-state index contributed by atoms with van der Waals surface area (Å²) in [4.78, 5) is 27.6. The molecule has 1 heterocycles. The summed E-state index contributed by atoms with van der Waals surface area (Å²) < 4.78 is 19.2. The number of hydrogen-bond donors (Lipinski definition) is 1. The molecule has 1 fully saturated rings. The van der Waals surface area contributed by atoms with Crippen molar-refractivity contribution in [2.45, 2.75) is 13.0 Å². The van der Waals surface area contributed by atoms with E-state index in [-0.39, 0.29) is 16.9 Å². The van der Waals surface area contributed by atoms with Gasteiger partial charge in [0.25, 0.3) is 11.7 Å². The fourth-order valence-electron chi connectivity index (χ4n) is 3.89. The Bertz CT molecular complexity index is 1270. The van der Waals surface area contributed by atoms with E-state index in [1.54, 1.807) is 36.4 Å². The first-order valence-corrected chi connectivity index (χ1v) is 10.2. The highest BCUT2D eigenvalue weighted by atomic mass is 35.5. The van der Waals surface area contributed by atoms with Crippen molar-refractivity contribution in [2.24, 2.45) is 0 Å². The van der Waals surface area contributed by atoms with Crippen LogP contribution in [0.2, 0.25) is 5.02 Å². The normalized spacial score (nSPS) is 17.6. The van der Waals surface area contributed by atoms with Crippen molar-refractivity contribution in [3.05, 3.63) is 99.8 Å². The Labute approximate surface area is 189 Å². The molecule has 32 heavy (non-hydrogen) atoms. The lowest BCUT2D eigenvalue weighted by Crippen LogP contribution is -2.29. The number of carbonyl (C=O) groups excluding carboxylic acids is 2. The van der Waals surface area contributed by atoms with E-state index in [1.165, 1.54) is 24.1 Å². The third-order valence-corrected chi connectivity index (χ3v) is 5.54. The maximum Gasteiger partial charge on any atom is 0.300 e. The highest BCUT2D eigenvalue weighted by molar-refractivity contribution is 6.51. The number of carbonyl (C=O) groups is 2. The van der Waals surface area contributed by atoms with E-state index >= 15 is 0 Å². The van der Waals surface area contributed by atoms with Gasteiger partial charge in [0.15, 0.2) is 0 Å². The number of benzene rings is 3. The highest BCUT2D eigenvalue weighted by Crippen LogP contribution is 2.43. The Kier molecular flexibility index (Phi) is 5.72. The molecule has 0 saturated carbocycles. The van der Waals surface area contributed by atoms with Crippen molar-refractivity contribution in [3.63, 3.8) is 0 Å². The van der Waals surface area contributed by atoms with Gasteiger partial charge in [0.05, 0.1) is 24.3 Å². The van der Waals surface area contributed by atoms with E-state index in [9.17, 15) is 19.1 Å². The number of ketones is 1. The number of aliphatic hydroxyl groups is 1. The maximum absolute atomic E-state index is 14.0. The molecule has 7 heteroatoms. The molecule has 0 spiro atoms. The molecule has 4 rings (SSSR count). The lowest BCUT2D eigenvalue weighted by Gasteiger charge is -2.26. The van der Waals surface area contributed by atoms with Gasteiger partial charge in [-0.15, -0.1) is 0 Å². The number of rotatable bonds is 4. The first-order valence-electron chi connectivity index (χ1n) is 9.79. The van der Waals surface area contributed by atoms with Crippen LogP contribution in [0.25, 0.3) is 5.76 Å². The molecule has 1 N–H and O–H groups in total. The zero-order chi connectivity index (χ0) is 23.0. The molecule has 1 saturated heterocycles. The minimum atomic E-state index is -0.943. The summed E-state index contributed by atoms with van der Waals surface area (Å²) >= 11 is 6.14. The van der Waals surface area contributed by atoms with Crippen molar-refractivity contribution in [2.75, 3.05) is 12.0 Å². The van der Waals surface area contributed by atoms with Gasteiger partial charge in [-0.1, -0.05) is 47.5 Å². The van der Waals surface area contributed by atoms with E-state index in [4.69, 9.17) is 16.3 Å². The van der Waals surface area contributed by atoms with Crippen molar-refractivity contribution < 1.29 is 23.8 Å². The monoisotopic (exact) mass is 451 g/mol. The SMILES string of the molecule is COc1ccc(F)cc1/C(O)=C1\C(=O)C(=O)N(c2cccc(Cl)c2)C1c1cccc(C)c1. The number of anilines is 1. The van der Waals surface area contributed by atoms with Crippen LogP contribution < -0.4 is 9.64 Å². The van der Waals surface area contributed by atoms with Crippen molar-refractivity contribution in [1.82, 2.24) is 0 Å². The third-order valence-electron chi connectivity index (χ3n) is 5.31. The molecule has 0 aromatic heterocycles. The molecule has 3 aromatic rings. The van der Waals surface area contributed by atoms with Gasteiger partial charge in [-0.25, -0.2) is 4.39 Å². The molecular formula is C25H19ClFNO4. The summed E-state index contributed by atoms with van der Waals surface area (Å²) in [6.45, 7) is 1.88. The molecule has 0 bridgehead atoms. The fraction of sp³-hybridized carbons (Fsp3) is 0.120. The quantitative estimate of drug-likeness (QED) is 0.326. The number of hydrogen-bond acceptors (Lipinski definition) is 4. The van der Waals surface area contributed by atoms with Crippen molar-refractivity contribution in [3.8, 4) is 5.75 Å². The van der Waals surface area contributed by atoms with Gasteiger partial charge in [-0.05, 0) is 48.9 Å². The summed E-state index contributed by atoms with van der Waals surface area (Å²) in [7, 11) is 1.37. The number of nitrogens with zero attached hydrogens (tertiary/aromatic N) is 1. The van der Waals surface area contributed by atoms with Gasteiger partial charge in [-0.3, -0.25) is 14.5 Å². The zero-order valence-corrected chi connectivity index (χ0v) is 18.1. The number of aryl methyl sites for hydroxylation is 1. The lowest BCUT2D eigenvalue weighted by atomic mass is 9.94. The van der Waals surface area contributed by atoms with Crippen molar-refractivity contribution >= 4 is 34.7 Å². The number of Topliss-reactive ketones (excluding diaryl/α,β-unsaturated/α-hetero) is 1. The number of ether oxygens (including phenoxy) is 1. The molecule has 1 aliphatic rings. The average molecular weight is 452 g/mol. The van der Waals surface area contributed by atoms with Crippen LogP contribution in [-0.4, -0.2) is 23.9 Å². The van der Waals surface area contributed by atoms with E-state index in [2.05, 4.69) is 0 Å². The van der Waals surface area contributed by atoms with Crippen LogP contribution in [0.5, 0.6) is 5.75 Å². The molecule has 1 atom stereocenters. The summed E-state index contributed by atoms with van der Waals surface area (Å²) in [5.41, 5.74) is 1.73. The molecule has 0 radical (unpaired) electrons. The maximum atomic E-state index is 14.0. The Morgan fingerprint density at radius 2 is 1.81 bits per heavy atom. The summed E-state index contributed by atoms with van der Waals surface area (Å²) in [6.07, 6.45) is 0. The van der Waals surface area contributed by atoms with Crippen LogP contribution >= 0.6 is 11.6 Å². The van der Waals surface area contributed by atoms with Crippen LogP contribution in [0.3, 0.4) is 0 Å². The summed E-state index contributed by atoms with van der Waals surface area (Å²) in [5.74, 6) is -2.68. The standard InChI is InChI=1S/C25H19ClFNO4/c1-14-5-3-6-15(11-14)22-21(23(29)19-13-17(27)9-10-20(19)32-2)24(30)25(31)28(22)18-8-4-7-16(26)12-18/h3-13,22,29H,1-2H3/b23-21+. The fourth-order valence-corrected chi connectivity index (χ4v) is 4.08. The van der Waals surface area contributed by atoms with Gasteiger partial charge in [0.1, 0.15) is 17.3 Å². The Morgan fingerprint density at radius 1 is 1.06 bits per heavy atom. The van der Waals surface area contributed by atoms with Gasteiger partial charge in [0, 0.05) is 10.7 Å². The van der Waals surface area contributed by atoms with Gasteiger partial charge < -0.3 is 9.84 Å². The Hall–Kier alpha value is -3.64. The molecule has 1 aliphatic heterocycles. The second-order valence-corrected chi connectivity index (χ2v) is 7.84. The predicted molar refractivity (Wildman–Crippen MR) is 120 cm³/mol. The third kappa shape index (κ3) is 3.74. The lowest BCUT2D eigenvalue weighted by molar-refractivity contribution is -0.132. The van der Waals surface area contributed by atoms with Gasteiger partial charge >= 0.3 is 0 Å². The first-order chi connectivity index (χ1) is 15.3. The zero-order valence-electron chi connectivity index (χ0n) is 17.3. The molecule has 5 nitrogen and oxygen atoms in total. The number of halogens is 2. The molecule has 3 aromatic carbocycles. The summed E-state index contributed by atoms with van der Waals surface area (Å²) in [6, 6.07) is 16.5. The average Bonchev–Trinajstić information content (AvgIpc) is 3.04. The van der Waals surface area contributed by atoms with Gasteiger partial charge in [0.2, 0.25) is 0 Å². The van der Waals surface area contributed by atoms with E-state index in [1.807, 2.05) is 19.1 Å². The Morgan fingerprint density at radius 3 is 2.50 bits per heavy atom.